The molecule has 8 heteroatoms. The Bertz CT molecular complexity index is 801. The number of hydrogen-bond acceptors (Lipinski definition) is 3. The first-order valence-corrected chi connectivity index (χ1v) is 9.14. The molecule has 0 spiro atoms. The molecule has 1 unspecified atom stereocenters. The van der Waals surface area contributed by atoms with Gasteiger partial charge in [-0.1, -0.05) is 11.8 Å². The third-order valence-corrected chi connectivity index (χ3v) is 4.36. The van der Waals surface area contributed by atoms with Crippen molar-refractivity contribution in [2.75, 3.05) is 5.32 Å². The van der Waals surface area contributed by atoms with Crippen molar-refractivity contribution in [1.82, 2.24) is 0 Å². The number of nitrogens with one attached hydrogen (secondary N) is 1. The molecule has 148 valence electrons. The number of aliphatic hydroxyl groups is 1. The van der Waals surface area contributed by atoms with Crippen LogP contribution in [0.2, 0.25) is 0 Å². The van der Waals surface area contributed by atoms with E-state index in [0.717, 1.165) is 25.0 Å². The minimum Gasteiger partial charge on any atom is -0.444 e. The molecule has 1 fully saturated rings. The van der Waals surface area contributed by atoms with E-state index in [1.54, 1.807) is 20.8 Å². The summed E-state index contributed by atoms with van der Waals surface area (Å²) in [7, 11) is 0. The Kier molecular flexibility index (Phi) is 5.88. The van der Waals surface area contributed by atoms with E-state index >= 15 is 0 Å². The van der Waals surface area contributed by atoms with Crippen LogP contribution >= 0.6 is 15.9 Å². The molecule has 0 bridgehead atoms. The maximum atomic E-state index is 14.3. The van der Waals surface area contributed by atoms with Gasteiger partial charge in [-0.3, -0.25) is 5.32 Å². The van der Waals surface area contributed by atoms with Crippen LogP contribution in [0.4, 0.5) is 23.7 Å². The highest BCUT2D eigenvalue weighted by atomic mass is 79.9. The molecule has 1 aliphatic carbocycles. The van der Waals surface area contributed by atoms with Gasteiger partial charge in [0.2, 0.25) is 5.60 Å². The zero-order chi connectivity index (χ0) is 20.6. The molecule has 1 amide bonds. The Labute approximate surface area is 164 Å². The maximum absolute atomic E-state index is 14.3. The zero-order valence-corrected chi connectivity index (χ0v) is 17.0. The number of hydrogen-bond donors (Lipinski definition) is 2. The first-order valence-electron chi connectivity index (χ1n) is 8.35. The van der Waals surface area contributed by atoms with Crippen LogP contribution in [-0.4, -0.2) is 22.7 Å². The minimum absolute atomic E-state index is 0.0681. The fraction of sp³-hybridized carbons (Fsp3) is 0.526. The predicted molar refractivity (Wildman–Crippen MR) is 99.0 cm³/mol. The average Bonchev–Trinajstić information content (AvgIpc) is 3.29. The second kappa shape index (κ2) is 7.36. The molecular formula is C19H21BrF3NO3. The van der Waals surface area contributed by atoms with E-state index in [0.29, 0.717) is 6.92 Å². The lowest BCUT2D eigenvalue weighted by Gasteiger charge is -2.31. The number of carbonyl (C=O) groups is 1. The number of carbonyl (C=O) groups excluding carboxylic acids is 1. The molecule has 0 radical (unpaired) electrons. The number of ether oxygens (including phenoxy) is 1. The molecule has 0 aliphatic heterocycles. The summed E-state index contributed by atoms with van der Waals surface area (Å²) in [6.07, 6.45) is 0.589. The summed E-state index contributed by atoms with van der Waals surface area (Å²) < 4.78 is 47.8. The van der Waals surface area contributed by atoms with Crippen molar-refractivity contribution in [3.63, 3.8) is 0 Å². The van der Waals surface area contributed by atoms with Gasteiger partial charge < -0.3 is 9.84 Å². The highest BCUT2D eigenvalue weighted by Crippen LogP contribution is 2.42. The van der Waals surface area contributed by atoms with Crippen LogP contribution in [0, 0.1) is 23.6 Å². The maximum Gasteiger partial charge on any atom is 0.412 e. The van der Waals surface area contributed by atoms with Crippen molar-refractivity contribution in [3.05, 3.63) is 28.0 Å². The Morgan fingerprint density at radius 2 is 1.89 bits per heavy atom. The lowest BCUT2D eigenvalue weighted by Crippen LogP contribution is -2.43. The van der Waals surface area contributed by atoms with Gasteiger partial charge in [0.05, 0.1) is 10.2 Å². The molecule has 0 aromatic heterocycles. The smallest absolute Gasteiger partial charge is 0.412 e. The van der Waals surface area contributed by atoms with Gasteiger partial charge in [-0.05, 0) is 61.7 Å². The fourth-order valence-electron chi connectivity index (χ4n) is 2.21. The fourth-order valence-corrected chi connectivity index (χ4v) is 2.55. The van der Waals surface area contributed by atoms with Crippen LogP contribution in [0.3, 0.4) is 0 Å². The van der Waals surface area contributed by atoms with E-state index in [-0.39, 0.29) is 16.1 Å². The molecule has 1 atom stereocenters. The molecule has 1 aliphatic rings. The first kappa shape index (κ1) is 21.6. The van der Waals surface area contributed by atoms with E-state index in [1.807, 2.05) is 0 Å². The standard InChI is InChI=1S/C19H21BrF3NO3/c1-17(2,3)27-16(25)24-15-10-13(20)14(21)9-12(15)19(26,18(4,22)23)8-7-11-5-6-11/h9-11,26H,5-6H2,1-4H3,(H,24,25). The molecule has 1 aromatic carbocycles. The summed E-state index contributed by atoms with van der Waals surface area (Å²) in [5, 5.41) is 13.0. The molecule has 1 aromatic rings. The van der Waals surface area contributed by atoms with Gasteiger partial charge >= 0.3 is 6.09 Å². The van der Waals surface area contributed by atoms with Gasteiger partial charge in [-0.2, -0.15) is 0 Å². The number of alkyl halides is 2. The monoisotopic (exact) mass is 447 g/mol. The van der Waals surface area contributed by atoms with Crippen LogP contribution in [0.25, 0.3) is 0 Å². The van der Waals surface area contributed by atoms with Gasteiger partial charge in [0, 0.05) is 18.4 Å². The summed E-state index contributed by atoms with van der Waals surface area (Å²) in [6.45, 7) is 5.38. The second-order valence-electron chi connectivity index (χ2n) is 7.58. The summed E-state index contributed by atoms with van der Waals surface area (Å²) >= 11 is 2.95. The van der Waals surface area contributed by atoms with E-state index < -0.39 is 34.6 Å². The van der Waals surface area contributed by atoms with Crippen LogP contribution in [-0.2, 0) is 10.3 Å². The number of benzene rings is 1. The van der Waals surface area contributed by atoms with Gasteiger partial charge in [-0.15, -0.1) is 0 Å². The third-order valence-electron chi connectivity index (χ3n) is 3.76. The van der Waals surface area contributed by atoms with Crippen molar-refractivity contribution >= 4 is 27.7 Å². The van der Waals surface area contributed by atoms with E-state index in [2.05, 4.69) is 33.1 Å². The zero-order valence-electron chi connectivity index (χ0n) is 15.4. The first-order chi connectivity index (χ1) is 12.2. The highest BCUT2D eigenvalue weighted by molar-refractivity contribution is 9.10. The van der Waals surface area contributed by atoms with Crippen molar-refractivity contribution in [1.29, 1.82) is 0 Å². The summed E-state index contributed by atoms with van der Waals surface area (Å²) in [4.78, 5) is 12.1. The number of rotatable bonds is 3. The number of anilines is 1. The van der Waals surface area contributed by atoms with Crippen LogP contribution < -0.4 is 5.32 Å². The molecule has 0 saturated heterocycles. The van der Waals surface area contributed by atoms with Crippen molar-refractivity contribution < 1.29 is 27.8 Å². The molecule has 1 saturated carbocycles. The second-order valence-corrected chi connectivity index (χ2v) is 8.44. The van der Waals surface area contributed by atoms with E-state index in [9.17, 15) is 23.1 Å². The Hall–Kier alpha value is -1.72. The van der Waals surface area contributed by atoms with Crippen molar-refractivity contribution in [3.8, 4) is 11.8 Å². The molecular weight excluding hydrogens is 427 g/mol. The van der Waals surface area contributed by atoms with E-state index in [4.69, 9.17) is 4.74 Å². The Morgan fingerprint density at radius 3 is 2.37 bits per heavy atom. The third kappa shape index (κ3) is 5.39. The van der Waals surface area contributed by atoms with Gasteiger partial charge in [0.1, 0.15) is 11.4 Å². The molecule has 2 rings (SSSR count). The molecule has 4 nitrogen and oxygen atoms in total. The minimum atomic E-state index is -3.72. The lowest BCUT2D eigenvalue weighted by molar-refractivity contribution is -0.140. The van der Waals surface area contributed by atoms with E-state index in [1.165, 1.54) is 0 Å². The van der Waals surface area contributed by atoms with Crippen LogP contribution in [0.15, 0.2) is 16.6 Å². The van der Waals surface area contributed by atoms with Crippen molar-refractivity contribution in [2.24, 2.45) is 5.92 Å². The Balaban J connectivity index is 2.54. The SMILES string of the molecule is CC(C)(C)OC(=O)Nc1cc(Br)c(F)cc1C(O)(C#CC1CC1)C(C)(F)F. The quantitative estimate of drug-likeness (QED) is 0.626. The molecule has 0 heterocycles. The van der Waals surface area contributed by atoms with Gasteiger partial charge in [0.25, 0.3) is 5.92 Å². The molecule has 2 N–H and O–H groups in total. The topological polar surface area (TPSA) is 58.6 Å². The lowest BCUT2D eigenvalue weighted by atomic mass is 9.87. The van der Waals surface area contributed by atoms with Gasteiger partial charge in [-0.25, -0.2) is 18.0 Å². The van der Waals surface area contributed by atoms with Crippen LogP contribution in [0.1, 0.15) is 46.1 Å². The predicted octanol–water partition coefficient (Wildman–Crippen LogP) is 5.19. The largest absolute Gasteiger partial charge is 0.444 e. The average molecular weight is 448 g/mol. The van der Waals surface area contributed by atoms with Crippen LogP contribution in [0.5, 0.6) is 0 Å². The Morgan fingerprint density at radius 1 is 1.30 bits per heavy atom. The summed E-state index contributed by atoms with van der Waals surface area (Å²) in [5.41, 5.74) is -4.60. The molecule has 27 heavy (non-hydrogen) atoms. The number of halogens is 4. The summed E-state index contributed by atoms with van der Waals surface area (Å²) in [5.74, 6) is 0.131. The van der Waals surface area contributed by atoms with Gasteiger partial charge in [0.15, 0.2) is 0 Å². The van der Waals surface area contributed by atoms with Crippen molar-refractivity contribution in [2.45, 2.75) is 57.7 Å². The normalized spacial score (nSPS) is 16.8. The highest BCUT2D eigenvalue weighted by Gasteiger charge is 2.51. The number of amides is 1. The summed E-state index contributed by atoms with van der Waals surface area (Å²) in [6, 6.07) is 1.82.